The Bertz CT molecular complexity index is 2320. The zero-order chi connectivity index (χ0) is 48.0. The Morgan fingerprint density at radius 1 is 0.359 bits per heavy atom. The van der Waals surface area contributed by atoms with Crippen LogP contribution in [-0.2, 0) is 31.1 Å². The maximum Gasteiger partial charge on any atom is 0.261 e. The maximum atomic E-state index is 9.57. The van der Waals surface area contributed by atoms with Crippen LogP contribution in [0.15, 0.2) is 206 Å². The quantitative estimate of drug-likeness (QED) is 0.0532. The van der Waals surface area contributed by atoms with E-state index in [0.717, 1.165) is 33.4 Å². The largest absolute Gasteiger partial charge is 0.508 e. The van der Waals surface area contributed by atoms with Crippen LogP contribution >= 0.6 is 0 Å². The first-order chi connectivity index (χ1) is 29.9. The van der Waals surface area contributed by atoms with E-state index >= 15 is 0 Å². The number of aromatic hydroxyl groups is 4. The van der Waals surface area contributed by atoms with Gasteiger partial charge in [-0.05, 0) is 110 Å². The molecule has 0 fully saturated rings. The van der Waals surface area contributed by atoms with E-state index in [-0.39, 0.29) is 33.8 Å². The van der Waals surface area contributed by atoms with Gasteiger partial charge >= 0.3 is 0 Å². The number of phenols is 4. The number of benzene rings is 7. The molecule has 0 spiro atoms. The van der Waals surface area contributed by atoms with Crippen molar-refractivity contribution in [1.82, 2.24) is 0 Å². The molecule has 0 aliphatic rings. The van der Waals surface area contributed by atoms with Crippen molar-refractivity contribution in [3.63, 3.8) is 0 Å². The maximum absolute atomic E-state index is 9.57. The summed E-state index contributed by atoms with van der Waals surface area (Å²) in [6.07, 6.45) is 1.43. The first-order valence-electron chi connectivity index (χ1n) is 19.7. The summed E-state index contributed by atoms with van der Waals surface area (Å²) >= 11 is 0. The van der Waals surface area contributed by atoms with Gasteiger partial charge in [-0.3, -0.25) is 9.11 Å². The molecule has 338 valence electrons. The number of hydrogen-bond acceptors (Lipinski definition) is 8. The van der Waals surface area contributed by atoms with Gasteiger partial charge in [0.1, 0.15) is 23.0 Å². The molecule has 0 heterocycles. The highest BCUT2D eigenvalue weighted by molar-refractivity contribution is 7.85. The molecule has 64 heavy (non-hydrogen) atoms. The van der Waals surface area contributed by atoms with E-state index in [9.17, 15) is 37.3 Å². The van der Waals surface area contributed by atoms with Gasteiger partial charge in [0.2, 0.25) is 0 Å². The third kappa shape index (κ3) is 19.6. The van der Waals surface area contributed by atoms with Crippen molar-refractivity contribution in [3.05, 3.63) is 240 Å². The molecule has 0 aromatic heterocycles. The van der Waals surface area contributed by atoms with Crippen LogP contribution in [0, 0.1) is 0 Å². The van der Waals surface area contributed by atoms with Gasteiger partial charge in [0.05, 0.1) is 12.5 Å². The topological polar surface area (TPSA) is 190 Å². The number of phenolic OH excluding ortho intramolecular Hbond substituents is 4. The Hall–Kier alpha value is -6.70. The van der Waals surface area contributed by atoms with Gasteiger partial charge in [0.15, 0.2) is 0 Å². The highest BCUT2D eigenvalue weighted by Gasteiger charge is 2.32. The summed E-state index contributed by atoms with van der Waals surface area (Å²) in [5.74, 6) is 1.02. The Kier molecular flexibility index (Phi) is 21.2. The lowest BCUT2D eigenvalue weighted by Gasteiger charge is -2.32. The van der Waals surface area contributed by atoms with Crippen LogP contribution in [0.25, 0.3) is 0 Å². The molecule has 7 aromatic rings. The zero-order valence-corrected chi connectivity index (χ0v) is 38.4. The van der Waals surface area contributed by atoms with Crippen molar-refractivity contribution >= 4 is 20.2 Å². The molecule has 0 bridgehead atoms. The van der Waals surface area contributed by atoms with Gasteiger partial charge in [0.25, 0.3) is 20.2 Å². The predicted octanol–water partition coefficient (Wildman–Crippen LogP) is 11.2. The van der Waals surface area contributed by atoms with E-state index in [1.54, 1.807) is 48.5 Å². The predicted molar refractivity (Wildman–Crippen MR) is 258 cm³/mol. The van der Waals surface area contributed by atoms with Crippen molar-refractivity contribution in [3.8, 4) is 23.0 Å². The summed E-state index contributed by atoms with van der Waals surface area (Å²) in [6, 6.07) is 61.6. The van der Waals surface area contributed by atoms with Crippen molar-refractivity contribution in [2.75, 3.05) is 12.5 Å². The average molecular weight is 907 g/mol. The molecule has 10 nitrogen and oxygen atoms in total. The fourth-order valence-corrected chi connectivity index (χ4v) is 6.11. The summed E-state index contributed by atoms with van der Waals surface area (Å²) in [6.45, 7) is 11.8. The minimum atomic E-state index is -3.67. The minimum absolute atomic E-state index is 0.255. The lowest BCUT2D eigenvalue weighted by atomic mass is 9.71. The number of rotatable bonds is 6. The van der Waals surface area contributed by atoms with E-state index in [2.05, 4.69) is 44.7 Å². The van der Waals surface area contributed by atoms with Crippen LogP contribution in [-0.4, -0.2) is 58.9 Å². The van der Waals surface area contributed by atoms with E-state index in [1.165, 1.54) is 5.57 Å². The van der Waals surface area contributed by atoms with Crippen LogP contribution in [0.3, 0.4) is 0 Å². The summed E-state index contributed by atoms with van der Waals surface area (Å²) in [5.41, 5.74) is 7.11. The minimum Gasteiger partial charge on any atom is -0.508 e. The van der Waals surface area contributed by atoms with E-state index in [1.807, 2.05) is 135 Å². The van der Waals surface area contributed by atoms with Gasteiger partial charge in [0, 0.05) is 10.8 Å². The van der Waals surface area contributed by atoms with E-state index in [4.69, 9.17) is 9.11 Å². The van der Waals surface area contributed by atoms with Gasteiger partial charge in [-0.25, -0.2) is 0 Å². The van der Waals surface area contributed by atoms with Gasteiger partial charge in [-0.15, -0.1) is 6.58 Å². The Morgan fingerprint density at radius 3 is 0.641 bits per heavy atom. The highest BCUT2D eigenvalue weighted by atomic mass is 32.2. The second kappa shape index (κ2) is 25.4. The molecule has 0 aliphatic carbocycles. The molecule has 0 saturated heterocycles. The van der Waals surface area contributed by atoms with E-state index < -0.39 is 20.2 Å². The first kappa shape index (κ1) is 53.4. The van der Waals surface area contributed by atoms with Crippen LogP contribution in [0.2, 0.25) is 0 Å². The molecule has 12 heteroatoms. The average Bonchev–Trinajstić information content (AvgIpc) is 3.24. The standard InChI is InChI=1S/2C20H18O2.C6H6.C4H8.2CH4O3S/c2*1-20(15-5-3-2-4-6-15,16-7-11-18(21)12-8-16)17-9-13-19(22)14-10-17;1-2-4-6-5-3-1;1-4(2)3;2*1-5(2,3)4/h2*2-14,21-22H,1H3;1-6H;1H2,2-3H3;2*1H3,(H,2,3,4). The lowest BCUT2D eigenvalue weighted by Crippen LogP contribution is -2.25. The monoisotopic (exact) mass is 906 g/mol. The summed E-state index contributed by atoms with van der Waals surface area (Å²) < 4.78 is 51.7. The molecular formula is C52H58O10S2. The highest BCUT2D eigenvalue weighted by Crippen LogP contribution is 2.41. The third-order valence-electron chi connectivity index (χ3n) is 9.15. The van der Waals surface area contributed by atoms with E-state index in [0.29, 0.717) is 12.5 Å². The van der Waals surface area contributed by atoms with Crippen LogP contribution in [0.1, 0.15) is 61.1 Å². The smallest absolute Gasteiger partial charge is 0.261 e. The zero-order valence-electron chi connectivity index (χ0n) is 36.8. The fraction of sp³-hybridized carbons (Fsp3) is 0.154. The van der Waals surface area contributed by atoms with Gasteiger partial charge in [-0.2, -0.15) is 16.8 Å². The summed E-state index contributed by atoms with van der Waals surface area (Å²) in [4.78, 5) is 0. The number of hydrogen-bond donors (Lipinski definition) is 6. The fourth-order valence-electron chi connectivity index (χ4n) is 6.11. The molecule has 0 saturated carbocycles. The van der Waals surface area contributed by atoms with Crippen LogP contribution in [0.5, 0.6) is 23.0 Å². The third-order valence-corrected chi connectivity index (χ3v) is 9.15. The molecular weight excluding hydrogens is 849 g/mol. The Morgan fingerprint density at radius 2 is 0.484 bits per heavy atom. The van der Waals surface area contributed by atoms with Gasteiger partial charge in [-0.1, -0.05) is 151 Å². The van der Waals surface area contributed by atoms with Crippen molar-refractivity contribution in [1.29, 1.82) is 0 Å². The second-order valence-corrected chi connectivity index (χ2v) is 17.9. The normalized spacial score (nSPS) is 10.8. The summed E-state index contributed by atoms with van der Waals surface area (Å²) in [5, 5.41) is 38.3. The molecule has 7 aromatic carbocycles. The molecule has 0 atom stereocenters. The molecule has 6 N–H and O–H groups in total. The molecule has 0 radical (unpaired) electrons. The van der Waals surface area contributed by atoms with Gasteiger partial charge < -0.3 is 20.4 Å². The van der Waals surface area contributed by atoms with Crippen molar-refractivity contribution < 1.29 is 46.4 Å². The van der Waals surface area contributed by atoms with Crippen molar-refractivity contribution in [2.45, 2.75) is 38.5 Å². The van der Waals surface area contributed by atoms with Crippen molar-refractivity contribution in [2.24, 2.45) is 0 Å². The molecule has 7 rings (SSSR count). The first-order valence-corrected chi connectivity index (χ1v) is 23.4. The molecule has 0 unspecified atom stereocenters. The molecule has 0 amide bonds. The summed E-state index contributed by atoms with van der Waals surface area (Å²) in [7, 11) is -7.33. The van der Waals surface area contributed by atoms with Crippen LogP contribution in [0.4, 0.5) is 0 Å². The lowest BCUT2D eigenvalue weighted by molar-refractivity contribution is 0.473. The Labute approximate surface area is 378 Å². The molecule has 0 aliphatic heterocycles. The number of allylic oxidation sites excluding steroid dienone is 1. The van der Waals surface area contributed by atoms with Crippen LogP contribution < -0.4 is 0 Å². The SMILES string of the molecule is C=C(C)C.CC(c1ccccc1)(c1ccc(O)cc1)c1ccc(O)cc1.CC(c1ccccc1)(c1ccc(O)cc1)c1ccc(O)cc1.CS(=O)(=O)O.CS(=O)(=O)O.c1ccccc1. The second-order valence-electron chi connectivity index (χ2n) is 15.0. The Balaban J connectivity index is 0.000000310.